The van der Waals surface area contributed by atoms with Crippen LogP contribution in [0.5, 0.6) is 0 Å². The second-order valence-corrected chi connectivity index (χ2v) is 4.91. The third kappa shape index (κ3) is 1.80. The largest absolute Gasteiger partial charge is 0.309 e. The highest BCUT2D eigenvalue weighted by atomic mass is 15.4. The third-order valence-electron chi connectivity index (χ3n) is 2.62. The number of nitrogens with zero attached hydrogens (tertiary/aromatic N) is 3. The van der Waals surface area contributed by atoms with Gasteiger partial charge in [0.2, 0.25) is 0 Å². The Kier molecular flexibility index (Phi) is 2.31. The van der Waals surface area contributed by atoms with Crippen molar-refractivity contribution in [1.29, 1.82) is 0 Å². The molecule has 0 bridgehead atoms. The number of hydrogen-bond donors (Lipinski definition) is 1. The monoisotopic (exact) mass is 194 g/mol. The Hall–Kier alpha value is -0.900. The maximum absolute atomic E-state index is 4.22. The first kappa shape index (κ1) is 9.65. The molecule has 0 radical (unpaired) electrons. The van der Waals surface area contributed by atoms with Crippen LogP contribution in [0.2, 0.25) is 0 Å². The molecule has 1 aromatic rings. The van der Waals surface area contributed by atoms with Gasteiger partial charge in [-0.2, -0.15) is 0 Å². The molecule has 0 aromatic carbocycles. The van der Waals surface area contributed by atoms with Crippen LogP contribution in [-0.4, -0.2) is 21.5 Å². The smallest absolute Gasteiger partial charge is 0.0996 e. The van der Waals surface area contributed by atoms with Crippen molar-refractivity contribution in [2.75, 3.05) is 6.54 Å². The minimum atomic E-state index is 0.0316. The van der Waals surface area contributed by atoms with Gasteiger partial charge in [-0.25, -0.2) is 4.68 Å². The average molecular weight is 194 g/mol. The van der Waals surface area contributed by atoms with E-state index in [4.69, 9.17) is 0 Å². The Labute approximate surface area is 84.7 Å². The first-order valence-electron chi connectivity index (χ1n) is 5.23. The lowest BCUT2D eigenvalue weighted by Crippen LogP contribution is -2.22. The van der Waals surface area contributed by atoms with Crippen LogP contribution in [0.25, 0.3) is 0 Å². The second-order valence-electron chi connectivity index (χ2n) is 4.91. The summed E-state index contributed by atoms with van der Waals surface area (Å²) in [7, 11) is 0. The second kappa shape index (κ2) is 3.35. The van der Waals surface area contributed by atoms with Gasteiger partial charge >= 0.3 is 0 Å². The quantitative estimate of drug-likeness (QED) is 0.736. The zero-order valence-corrected chi connectivity index (χ0v) is 9.12. The summed E-state index contributed by atoms with van der Waals surface area (Å²) in [6.07, 6.45) is 4.48. The van der Waals surface area contributed by atoms with E-state index in [1.807, 2.05) is 4.68 Å². The van der Waals surface area contributed by atoms with E-state index in [2.05, 4.69) is 42.6 Å². The molecule has 2 rings (SSSR count). The molecule has 1 unspecified atom stereocenters. The molecule has 78 valence electrons. The van der Waals surface area contributed by atoms with Crippen molar-refractivity contribution in [3.05, 3.63) is 11.9 Å². The highest BCUT2D eigenvalue weighted by molar-refractivity contribution is 5.03. The molecular formula is C10H18N4. The van der Waals surface area contributed by atoms with Crippen molar-refractivity contribution in [1.82, 2.24) is 20.3 Å². The summed E-state index contributed by atoms with van der Waals surface area (Å²) in [4.78, 5) is 0. The van der Waals surface area contributed by atoms with Gasteiger partial charge in [-0.1, -0.05) is 5.21 Å². The maximum atomic E-state index is 4.22. The molecule has 0 aliphatic carbocycles. The van der Waals surface area contributed by atoms with E-state index in [1.54, 1.807) is 0 Å². The van der Waals surface area contributed by atoms with Gasteiger partial charge in [0, 0.05) is 0 Å². The average Bonchev–Trinajstić information content (AvgIpc) is 2.73. The van der Waals surface area contributed by atoms with Crippen molar-refractivity contribution in [3.8, 4) is 0 Å². The van der Waals surface area contributed by atoms with Crippen molar-refractivity contribution in [2.45, 2.75) is 45.2 Å². The Bertz CT molecular complexity index is 304. The molecule has 4 heteroatoms. The van der Waals surface area contributed by atoms with Gasteiger partial charge in [-0.05, 0) is 40.2 Å². The van der Waals surface area contributed by atoms with E-state index >= 15 is 0 Å². The molecule has 1 saturated heterocycles. The maximum Gasteiger partial charge on any atom is 0.0996 e. The summed E-state index contributed by atoms with van der Waals surface area (Å²) < 4.78 is 1.93. The molecule has 0 saturated carbocycles. The molecule has 1 aliphatic rings. The summed E-state index contributed by atoms with van der Waals surface area (Å²) in [5.74, 6) is 0. The summed E-state index contributed by atoms with van der Waals surface area (Å²) in [5, 5.41) is 11.8. The van der Waals surface area contributed by atoms with Crippen molar-refractivity contribution in [3.63, 3.8) is 0 Å². The SMILES string of the molecule is CC(C)(C)n1cc(C2CCCN2)nn1. The van der Waals surface area contributed by atoms with Crippen LogP contribution in [0, 0.1) is 0 Å². The zero-order valence-electron chi connectivity index (χ0n) is 9.12. The summed E-state index contributed by atoms with van der Waals surface area (Å²) in [6.45, 7) is 7.50. The fraction of sp³-hybridized carbons (Fsp3) is 0.800. The van der Waals surface area contributed by atoms with E-state index in [1.165, 1.54) is 12.8 Å². The number of aromatic nitrogens is 3. The molecule has 0 spiro atoms. The summed E-state index contributed by atoms with van der Waals surface area (Å²) >= 11 is 0. The molecule has 4 nitrogen and oxygen atoms in total. The van der Waals surface area contributed by atoms with E-state index in [0.717, 1.165) is 12.2 Å². The van der Waals surface area contributed by atoms with Crippen LogP contribution >= 0.6 is 0 Å². The predicted molar refractivity (Wildman–Crippen MR) is 55.0 cm³/mol. The van der Waals surface area contributed by atoms with E-state index in [-0.39, 0.29) is 5.54 Å². The topological polar surface area (TPSA) is 42.7 Å². The fourth-order valence-corrected chi connectivity index (χ4v) is 1.70. The van der Waals surface area contributed by atoms with Gasteiger partial charge in [0.25, 0.3) is 0 Å². The van der Waals surface area contributed by atoms with Gasteiger partial charge in [-0.3, -0.25) is 0 Å². The van der Waals surface area contributed by atoms with Crippen molar-refractivity contribution >= 4 is 0 Å². The predicted octanol–water partition coefficient (Wildman–Crippen LogP) is 1.46. The summed E-state index contributed by atoms with van der Waals surface area (Å²) in [5.41, 5.74) is 1.11. The molecule has 1 fully saturated rings. The van der Waals surface area contributed by atoms with Gasteiger partial charge in [-0.15, -0.1) is 5.10 Å². The molecule has 1 atom stereocenters. The highest BCUT2D eigenvalue weighted by Crippen LogP contribution is 2.22. The van der Waals surface area contributed by atoms with Crippen LogP contribution < -0.4 is 5.32 Å². The molecule has 1 N–H and O–H groups in total. The molecule has 2 heterocycles. The van der Waals surface area contributed by atoms with Crippen LogP contribution in [-0.2, 0) is 5.54 Å². The third-order valence-corrected chi connectivity index (χ3v) is 2.62. The number of nitrogens with one attached hydrogen (secondary N) is 1. The van der Waals surface area contributed by atoms with Gasteiger partial charge in [0.05, 0.1) is 23.5 Å². The Morgan fingerprint density at radius 1 is 1.50 bits per heavy atom. The molecule has 0 amide bonds. The zero-order chi connectivity index (χ0) is 10.2. The van der Waals surface area contributed by atoms with Crippen LogP contribution in [0.1, 0.15) is 45.3 Å². The normalized spacial score (nSPS) is 22.9. The summed E-state index contributed by atoms with van der Waals surface area (Å²) in [6, 6.07) is 0.422. The van der Waals surface area contributed by atoms with Gasteiger partial charge < -0.3 is 5.32 Å². The number of hydrogen-bond acceptors (Lipinski definition) is 3. The Morgan fingerprint density at radius 2 is 2.29 bits per heavy atom. The standard InChI is InChI=1S/C10H18N4/c1-10(2,3)14-7-9(12-13-14)8-5-4-6-11-8/h7-8,11H,4-6H2,1-3H3. The molecule has 1 aromatic heterocycles. The first-order chi connectivity index (χ1) is 6.57. The Balaban J connectivity index is 2.17. The molecule has 1 aliphatic heterocycles. The minimum Gasteiger partial charge on any atom is -0.309 e. The minimum absolute atomic E-state index is 0.0316. The lowest BCUT2D eigenvalue weighted by molar-refractivity contribution is 0.346. The Morgan fingerprint density at radius 3 is 2.79 bits per heavy atom. The van der Waals surface area contributed by atoms with Crippen molar-refractivity contribution < 1.29 is 0 Å². The fourth-order valence-electron chi connectivity index (χ4n) is 1.70. The van der Waals surface area contributed by atoms with Crippen LogP contribution in [0.15, 0.2) is 6.20 Å². The van der Waals surface area contributed by atoms with E-state index < -0.39 is 0 Å². The van der Waals surface area contributed by atoms with E-state index in [9.17, 15) is 0 Å². The van der Waals surface area contributed by atoms with Crippen LogP contribution in [0.3, 0.4) is 0 Å². The lowest BCUT2D eigenvalue weighted by atomic mass is 10.1. The van der Waals surface area contributed by atoms with Gasteiger partial charge in [0.1, 0.15) is 0 Å². The lowest BCUT2D eigenvalue weighted by Gasteiger charge is -2.17. The molecule has 14 heavy (non-hydrogen) atoms. The van der Waals surface area contributed by atoms with E-state index in [0.29, 0.717) is 6.04 Å². The van der Waals surface area contributed by atoms with Crippen LogP contribution in [0.4, 0.5) is 0 Å². The highest BCUT2D eigenvalue weighted by Gasteiger charge is 2.22. The van der Waals surface area contributed by atoms with Gasteiger partial charge in [0.15, 0.2) is 0 Å². The molecular weight excluding hydrogens is 176 g/mol. The first-order valence-corrected chi connectivity index (χ1v) is 5.23. The van der Waals surface area contributed by atoms with Crippen molar-refractivity contribution in [2.24, 2.45) is 0 Å². The number of rotatable bonds is 1.